The maximum atomic E-state index is 13.4. The second-order valence-electron chi connectivity index (χ2n) is 8.76. The van der Waals surface area contributed by atoms with Crippen LogP contribution in [0.4, 0.5) is 11.4 Å². The first-order chi connectivity index (χ1) is 16.4. The summed E-state index contributed by atoms with van der Waals surface area (Å²) in [6, 6.07) is 22.3. The summed E-state index contributed by atoms with van der Waals surface area (Å²) in [6.07, 6.45) is 0.124. The van der Waals surface area contributed by atoms with Gasteiger partial charge in [0.2, 0.25) is 11.8 Å². The average molecular weight is 459 g/mol. The molecule has 34 heavy (non-hydrogen) atoms. The van der Waals surface area contributed by atoms with Crippen LogP contribution >= 0.6 is 0 Å². The molecule has 1 N–H and O–H groups in total. The van der Waals surface area contributed by atoms with E-state index in [1.54, 1.807) is 19.1 Å². The van der Waals surface area contributed by atoms with E-state index in [-0.39, 0.29) is 18.2 Å². The highest BCUT2D eigenvalue weighted by Crippen LogP contribution is 2.42. The largest absolute Gasteiger partial charge is 0.497 e. The maximum Gasteiger partial charge on any atom is 0.230 e. The van der Waals surface area contributed by atoms with Crippen molar-refractivity contribution in [3.63, 3.8) is 0 Å². The van der Waals surface area contributed by atoms with Crippen LogP contribution in [-0.4, -0.2) is 26.0 Å². The van der Waals surface area contributed by atoms with Gasteiger partial charge in [-0.1, -0.05) is 38.1 Å². The van der Waals surface area contributed by atoms with E-state index in [2.05, 4.69) is 19.2 Å². The van der Waals surface area contributed by atoms with Gasteiger partial charge in [-0.05, 0) is 65.6 Å². The first-order valence-corrected chi connectivity index (χ1v) is 11.4. The van der Waals surface area contributed by atoms with E-state index in [1.165, 1.54) is 5.56 Å². The first-order valence-electron chi connectivity index (χ1n) is 11.4. The quantitative estimate of drug-likeness (QED) is 0.503. The Bertz CT molecular complexity index is 1140. The molecule has 2 atom stereocenters. The number of benzene rings is 3. The third-order valence-electron chi connectivity index (χ3n) is 6.31. The lowest BCUT2D eigenvalue weighted by atomic mass is 9.92. The third kappa shape index (κ3) is 4.76. The normalized spacial score (nSPS) is 17.7. The number of methoxy groups -OCH3 is 2. The fraction of sp³-hybridized carbons (Fsp3) is 0.286. The standard InChI is InChI=1S/C28H30N2O4/c1-18(2)19-5-9-21(10-6-19)29-28(32)25-17-26(31)30(22-11-15-24(34-4)16-12-22)27(25)20-7-13-23(33-3)14-8-20/h5-16,18,25,27H,17H2,1-4H3,(H,29,32)/t25-,27+/m0/s1. The van der Waals surface area contributed by atoms with Gasteiger partial charge in [0.25, 0.3) is 0 Å². The Hall–Kier alpha value is -3.80. The minimum Gasteiger partial charge on any atom is -0.497 e. The Labute approximate surface area is 200 Å². The number of anilines is 2. The summed E-state index contributed by atoms with van der Waals surface area (Å²) in [5.41, 5.74) is 3.52. The highest BCUT2D eigenvalue weighted by atomic mass is 16.5. The Morgan fingerprint density at radius 2 is 1.44 bits per heavy atom. The Balaban J connectivity index is 1.66. The number of ether oxygens (including phenoxy) is 2. The van der Waals surface area contributed by atoms with E-state index in [9.17, 15) is 9.59 Å². The van der Waals surface area contributed by atoms with E-state index in [0.717, 1.165) is 22.7 Å². The fourth-order valence-corrected chi connectivity index (χ4v) is 4.39. The number of nitrogens with one attached hydrogen (secondary N) is 1. The van der Waals surface area contributed by atoms with Crippen LogP contribution in [0.1, 0.15) is 43.4 Å². The molecule has 3 aromatic rings. The number of rotatable bonds is 7. The molecule has 1 fully saturated rings. The molecule has 1 heterocycles. The van der Waals surface area contributed by atoms with Crippen molar-refractivity contribution >= 4 is 23.2 Å². The van der Waals surface area contributed by atoms with Crippen molar-refractivity contribution in [3.8, 4) is 11.5 Å². The lowest BCUT2D eigenvalue weighted by molar-refractivity contribution is -0.122. The van der Waals surface area contributed by atoms with Crippen molar-refractivity contribution in [2.24, 2.45) is 5.92 Å². The fourth-order valence-electron chi connectivity index (χ4n) is 4.39. The molecule has 0 aliphatic carbocycles. The van der Waals surface area contributed by atoms with Crippen LogP contribution in [0.25, 0.3) is 0 Å². The van der Waals surface area contributed by atoms with Crippen molar-refractivity contribution in [2.45, 2.75) is 32.2 Å². The van der Waals surface area contributed by atoms with Gasteiger partial charge in [-0.3, -0.25) is 9.59 Å². The summed E-state index contributed by atoms with van der Waals surface area (Å²) in [5, 5.41) is 3.02. The molecular weight excluding hydrogens is 428 g/mol. The molecule has 0 unspecified atom stereocenters. The van der Waals surface area contributed by atoms with E-state index in [4.69, 9.17) is 9.47 Å². The van der Waals surface area contributed by atoms with Crippen molar-refractivity contribution in [1.29, 1.82) is 0 Å². The molecule has 0 spiro atoms. The van der Waals surface area contributed by atoms with Gasteiger partial charge in [0.15, 0.2) is 0 Å². The predicted molar refractivity (Wildman–Crippen MR) is 133 cm³/mol. The van der Waals surface area contributed by atoms with Crippen LogP contribution in [0.5, 0.6) is 11.5 Å². The second kappa shape index (κ2) is 10.00. The van der Waals surface area contributed by atoms with Gasteiger partial charge >= 0.3 is 0 Å². The number of carbonyl (C=O) groups is 2. The molecule has 1 saturated heterocycles. The molecule has 1 aliphatic rings. The lowest BCUT2D eigenvalue weighted by Crippen LogP contribution is -2.32. The Kier molecular flexibility index (Phi) is 6.87. The minimum absolute atomic E-state index is 0.0960. The van der Waals surface area contributed by atoms with Crippen molar-refractivity contribution in [1.82, 2.24) is 0 Å². The molecule has 0 bridgehead atoms. The number of amides is 2. The number of carbonyl (C=O) groups excluding carboxylic acids is 2. The lowest BCUT2D eigenvalue weighted by Gasteiger charge is -2.28. The van der Waals surface area contributed by atoms with Crippen LogP contribution < -0.4 is 19.7 Å². The zero-order valence-corrected chi connectivity index (χ0v) is 19.9. The van der Waals surface area contributed by atoms with Gasteiger partial charge < -0.3 is 19.7 Å². The van der Waals surface area contributed by atoms with Gasteiger partial charge in [-0.2, -0.15) is 0 Å². The van der Waals surface area contributed by atoms with Crippen LogP contribution in [-0.2, 0) is 9.59 Å². The van der Waals surface area contributed by atoms with E-state index in [1.807, 2.05) is 72.8 Å². The molecule has 1 aliphatic heterocycles. The summed E-state index contributed by atoms with van der Waals surface area (Å²) >= 11 is 0. The zero-order chi connectivity index (χ0) is 24.2. The molecule has 0 radical (unpaired) electrons. The summed E-state index contributed by atoms with van der Waals surface area (Å²) < 4.78 is 10.6. The number of nitrogens with zero attached hydrogens (tertiary/aromatic N) is 1. The van der Waals surface area contributed by atoms with Gasteiger partial charge in [0, 0.05) is 17.8 Å². The van der Waals surface area contributed by atoms with Gasteiger partial charge in [-0.15, -0.1) is 0 Å². The highest BCUT2D eigenvalue weighted by Gasteiger charge is 2.45. The third-order valence-corrected chi connectivity index (χ3v) is 6.31. The van der Waals surface area contributed by atoms with E-state index >= 15 is 0 Å². The highest BCUT2D eigenvalue weighted by molar-refractivity contribution is 6.04. The molecule has 2 amide bonds. The van der Waals surface area contributed by atoms with Gasteiger partial charge in [0.05, 0.1) is 26.2 Å². The summed E-state index contributed by atoms with van der Waals surface area (Å²) in [7, 11) is 3.21. The van der Waals surface area contributed by atoms with Crippen LogP contribution in [0.15, 0.2) is 72.8 Å². The maximum absolute atomic E-state index is 13.4. The van der Waals surface area contributed by atoms with Gasteiger partial charge in [-0.25, -0.2) is 0 Å². The van der Waals surface area contributed by atoms with Gasteiger partial charge in [0.1, 0.15) is 11.5 Å². The molecule has 0 aromatic heterocycles. The molecule has 176 valence electrons. The summed E-state index contributed by atoms with van der Waals surface area (Å²) in [5.74, 6) is 1.01. The first kappa shape index (κ1) is 23.4. The molecule has 6 heteroatoms. The second-order valence-corrected chi connectivity index (χ2v) is 8.76. The van der Waals surface area contributed by atoms with Crippen LogP contribution in [0.3, 0.4) is 0 Å². The molecule has 4 rings (SSSR count). The molecule has 0 saturated carbocycles. The topological polar surface area (TPSA) is 67.9 Å². The molecule has 3 aromatic carbocycles. The summed E-state index contributed by atoms with van der Waals surface area (Å²) in [6.45, 7) is 4.26. The SMILES string of the molecule is COc1ccc([C@@H]2[C@@H](C(=O)Nc3ccc(C(C)C)cc3)CC(=O)N2c2ccc(OC)cc2)cc1. The Morgan fingerprint density at radius 1 is 0.882 bits per heavy atom. The predicted octanol–water partition coefficient (Wildman–Crippen LogP) is 5.56. The average Bonchev–Trinajstić information content (AvgIpc) is 3.21. The van der Waals surface area contributed by atoms with Crippen LogP contribution in [0.2, 0.25) is 0 Å². The van der Waals surface area contributed by atoms with Crippen molar-refractivity contribution < 1.29 is 19.1 Å². The minimum atomic E-state index is -0.548. The van der Waals surface area contributed by atoms with Crippen molar-refractivity contribution in [2.75, 3.05) is 24.4 Å². The monoisotopic (exact) mass is 458 g/mol. The van der Waals surface area contributed by atoms with Crippen LogP contribution in [0, 0.1) is 5.92 Å². The Morgan fingerprint density at radius 3 is 1.97 bits per heavy atom. The van der Waals surface area contributed by atoms with E-state index in [0.29, 0.717) is 11.7 Å². The van der Waals surface area contributed by atoms with E-state index < -0.39 is 12.0 Å². The van der Waals surface area contributed by atoms with Crippen molar-refractivity contribution in [3.05, 3.63) is 83.9 Å². The smallest absolute Gasteiger partial charge is 0.230 e. The number of hydrogen-bond donors (Lipinski definition) is 1. The molecular formula is C28H30N2O4. The summed E-state index contributed by atoms with van der Waals surface area (Å²) in [4.78, 5) is 28.4. The zero-order valence-electron chi connectivity index (χ0n) is 19.9. The number of hydrogen-bond acceptors (Lipinski definition) is 4. The molecule has 6 nitrogen and oxygen atoms in total.